The Balaban J connectivity index is 0.00000274. The number of allylic oxidation sites excluding steroid dienone is 1. The highest BCUT2D eigenvalue weighted by Gasteiger charge is 2.26. The molecule has 1 aromatic heterocycles. The fourth-order valence-corrected chi connectivity index (χ4v) is 3.77. The molecule has 4 aromatic rings. The van der Waals surface area contributed by atoms with Crippen LogP contribution in [0.3, 0.4) is 0 Å². The fraction of sp³-hybridized carbons (Fsp3) is 0.0800. The van der Waals surface area contributed by atoms with Crippen molar-refractivity contribution >= 4 is 47.5 Å². The number of fused-ring (bicyclic) bond motifs is 1. The minimum atomic E-state index is -0.306. The van der Waals surface area contributed by atoms with Gasteiger partial charge < -0.3 is 10.1 Å². The lowest BCUT2D eigenvalue weighted by atomic mass is 10.0. The molecule has 7 nitrogen and oxygen atoms in total. The van der Waals surface area contributed by atoms with E-state index in [-0.39, 0.29) is 30.3 Å². The van der Waals surface area contributed by atoms with Crippen LogP contribution in [-0.4, -0.2) is 27.8 Å². The third kappa shape index (κ3) is 4.76. The van der Waals surface area contributed by atoms with Crippen LogP contribution in [-0.2, 0) is 0 Å². The summed E-state index contributed by atoms with van der Waals surface area (Å²) in [6.07, 6.45) is 2.08. The largest absolute Gasteiger partial charge is 0.497 e. The van der Waals surface area contributed by atoms with Crippen LogP contribution in [0.25, 0.3) is 5.70 Å². The molecule has 1 unspecified atom stereocenters. The van der Waals surface area contributed by atoms with Crippen LogP contribution >= 0.6 is 24.0 Å². The van der Waals surface area contributed by atoms with Gasteiger partial charge in [-0.15, -0.1) is 17.5 Å². The number of methoxy groups -OCH3 is 1. The van der Waals surface area contributed by atoms with Gasteiger partial charge in [0.25, 0.3) is 11.9 Å². The van der Waals surface area contributed by atoms with Crippen LogP contribution in [0.4, 0.5) is 11.9 Å². The summed E-state index contributed by atoms with van der Waals surface area (Å²) >= 11 is 6.10. The van der Waals surface area contributed by atoms with E-state index in [1.165, 1.54) is 0 Å². The summed E-state index contributed by atoms with van der Waals surface area (Å²) in [6.45, 7) is 0. The summed E-state index contributed by atoms with van der Waals surface area (Å²) in [5.41, 5.74) is 3.40. The summed E-state index contributed by atoms with van der Waals surface area (Å²) in [5, 5.41) is 11.3. The minimum absolute atomic E-state index is 0. The lowest BCUT2D eigenvalue weighted by Gasteiger charge is -2.24. The molecule has 9 heteroatoms. The Kier molecular flexibility index (Phi) is 6.86. The highest BCUT2D eigenvalue weighted by molar-refractivity contribution is 6.30. The van der Waals surface area contributed by atoms with Crippen molar-refractivity contribution in [3.05, 3.63) is 107 Å². The predicted molar refractivity (Wildman–Crippen MR) is 136 cm³/mol. The van der Waals surface area contributed by atoms with Crippen molar-refractivity contribution in [1.82, 2.24) is 14.8 Å². The van der Waals surface area contributed by atoms with Gasteiger partial charge in [-0.25, -0.2) is 4.68 Å². The number of ether oxygens (including phenoxy) is 1. The summed E-state index contributed by atoms with van der Waals surface area (Å²) in [6, 6.07) is 24.2. The summed E-state index contributed by atoms with van der Waals surface area (Å²) in [7, 11) is 1.58. The standard InChI is InChI=1S/C25H20ClN5O2.ClH/c1-33-20-13-9-18(10-14-20)23(32)28-24-29-25-27-21(16-5-3-2-4-6-16)15-22(31(25)30-24)17-7-11-19(26)12-8-17;/h2-15,22H,1H3,(H2,27,28,29,30,32);1H. The Hall–Kier alpha value is -3.81. The van der Waals surface area contributed by atoms with Crippen LogP contribution in [0.5, 0.6) is 5.75 Å². The topological polar surface area (TPSA) is 81.1 Å². The number of hydrogen-bond donors (Lipinski definition) is 2. The average Bonchev–Trinajstić information content (AvgIpc) is 3.27. The molecule has 2 N–H and O–H groups in total. The van der Waals surface area contributed by atoms with Crippen molar-refractivity contribution in [3.8, 4) is 5.75 Å². The van der Waals surface area contributed by atoms with Crippen molar-refractivity contribution in [2.75, 3.05) is 17.7 Å². The highest BCUT2D eigenvalue weighted by atomic mass is 35.5. The molecular formula is C25H21Cl2N5O2. The lowest BCUT2D eigenvalue weighted by Crippen LogP contribution is -2.20. The predicted octanol–water partition coefficient (Wildman–Crippen LogP) is 5.67. The van der Waals surface area contributed by atoms with E-state index < -0.39 is 0 Å². The van der Waals surface area contributed by atoms with Gasteiger partial charge in [0.1, 0.15) is 11.8 Å². The molecule has 0 aliphatic carbocycles. The number of benzene rings is 3. The number of hydrogen-bond acceptors (Lipinski definition) is 5. The van der Waals surface area contributed by atoms with Crippen LogP contribution in [0.2, 0.25) is 5.02 Å². The number of amides is 1. The Bertz CT molecular complexity index is 1320. The smallest absolute Gasteiger partial charge is 0.258 e. The number of carbonyl (C=O) groups is 1. The molecule has 0 radical (unpaired) electrons. The first kappa shape index (κ1) is 23.4. The zero-order valence-corrected chi connectivity index (χ0v) is 19.7. The number of halogens is 2. The van der Waals surface area contributed by atoms with Crippen molar-refractivity contribution in [1.29, 1.82) is 0 Å². The SMILES string of the molecule is COc1ccc(C(=O)Nc2nc3n(n2)C(c2ccc(Cl)cc2)C=C(c2ccccc2)N3)cc1.Cl. The molecule has 172 valence electrons. The van der Waals surface area contributed by atoms with Crippen LogP contribution in [0.1, 0.15) is 27.5 Å². The zero-order valence-electron chi connectivity index (χ0n) is 18.1. The molecule has 0 fully saturated rings. The van der Waals surface area contributed by atoms with Crippen molar-refractivity contribution in [2.24, 2.45) is 0 Å². The highest BCUT2D eigenvalue weighted by Crippen LogP contribution is 2.33. The molecule has 0 bridgehead atoms. The number of nitrogens with one attached hydrogen (secondary N) is 2. The molecule has 2 heterocycles. The molecule has 3 aromatic carbocycles. The van der Waals surface area contributed by atoms with E-state index >= 15 is 0 Å². The number of carbonyl (C=O) groups excluding carboxylic acids is 1. The molecule has 1 aliphatic heterocycles. The van der Waals surface area contributed by atoms with Crippen molar-refractivity contribution in [3.63, 3.8) is 0 Å². The van der Waals surface area contributed by atoms with Gasteiger partial charge in [-0.2, -0.15) is 4.98 Å². The van der Waals surface area contributed by atoms with Gasteiger partial charge in [0.2, 0.25) is 5.95 Å². The second-order valence-corrected chi connectivity index (χ2v) is 7.89. The molecule has 1 atom stereocenters. The number of aromatic nitrogens is 3. The number of nitrogens with zero attached hydrogens (tertiary/aromatic N) is 3. The van der Waals surface area contributed by atoms with E-state index in [4.69, 9.17) is 16.3 Å². The third-order valence-electron chi connectivity index (χ3n) is 5.34. The van der Waals surface area contributed by atoms with E-state index in [1.807, 2.05) is 54.6 Å². The maximum Gasteiger partial charge on any atom is 0.258 e. The van der Waals surface area contributed by atoms with Crippen LogP contribution in [0.15, 0.2) is 84.9 Å². The van der Waals surface area contributed by atoms with Crippen molar-refractivity contribution < 1.29 is 9.53 Å². The molecule has 34 heavy (non-hydrogen) atoms. The fourth-order valence-electron chi connectivity index (χ4n) is 3.65. The Morgan fingerprint density at radius 2 is 1.74 bits per heavy atom. The maximum absolute atomic E-state index is 12.7. The molecule has 0 spiro atoms. The number of rotatable bonds is 5. The normalized spacial score (nSPS) is 14.2. The van der Waals surface area contributed by atoms with Gasteiger partial charge >= 0.3 is 0 Å². The zero-order chi connectivity index (χ0) is 22.8. The second-order valence-electron chi connectivity index (χ2n) is 7.45. The molecule has 1 aliphatic rings. The van der Waals surface area contributed by atoms with E-state index in [2.05, 4.69) is 26.8 Å². The first-order chi connectivity index (χ1) is 16.1. The van der Waals surface area contributed by atoms with Crippen LogP contribution in [0, 0.1) is 0 Å². The average molecular weight is 494 g/mol. The van der Waals surface area contributed by atoms with E-state index in [0.29, 0.717) is 22.3 Å². The Morgan fingerprint density at radius 3 is 2.41 bits per heavy atom. The van der Waals surface area contributed by atoms with Gasteiger partial charge in [0, 0.05) is 16.3 Å². The minimum Gasteiger partial charge on any atom is -0.497 e. The van der Waals surface area contributed by atoms with E-state index in [1.54, 1.807) is 36.1 Å². The molecule has 5 rings (SSSR count). The van der Waals surface area contributed by atoms with E-state index in [0.717, 1.165) is 16.8 Å². The Morgan fingerprint density at radius 1 is 1.03 bits per heavy atom. The molecule has 0 saturated heterocycles. The van der Waals surface area contributed by atoms with Gasteiger partial charge in [0.15, 0.2) is 0 Å². The van der Waals surface area contributed by atoms with Crippen LogP contribution < -0.4 is 15.4 Å². The molecular weight excluding hydrogens is 473 g/mol. The Labute approximate surface area is 207 Å². The van der Waals surface area contributed by atoms with Gasteiger partial charge in [-0.05, 0) is 53.6 Å². The summed E-state index contributed by atoms with van der Waals surface area (Å²) in [4.78, 5) is 17.2. The first-order valence-corrected chi connectivity index (χ1v) is 10.7. The summed E-state index contributed by atoms with van der Waals surface area (Å²) < 4.78 is 6.90. The van der Waals surface area contributed by atoms with Gasteiger partial charge in [0.05, 0.1) is 7.11 Å². The molecule has 0 saturated carbocycles. The third-order valence-corrected chi connectivity index (χ3v) is 5.59. The monoisotopic (exact) mass is 493 g/mol. The van der Waals surface area contributed by atoms with E-state index in [9.17, 15) is 4.79 Å². The maximum atomic E-state index is 12.7. The van der Waals surface area contributed by atoms with Crippen molar-refractivity contribution in [2.45, 2.75) is 6.04 Å². The second kappa shape index (κ2) is 9.99. The van der Waals surface area contributed by atoms with Gasteiger partial charge in [-0.3, -0.25) is 10.1 Å². The molecule has 1 amide bonds. The first-order valence-electron chi connectivity index (χ1n) is 10.3. The van der Waals surface area contributed by atoms with Gasteiger partial charge in [-0.1, -0.05) is 54.1 Å². The lowest BCUT2D eigenvalue weighted by molar-refractivity contribution is 0.102. The number of anilines is 2. The summed E-state index contributed by atoms with van der Waals surface area (Å²) in [5.74, 6) is 1.11. The quantitative estimate of drug-likeness (QED) is 0.374.